The highest BCUT2D eigenvalue weighted by Gasteiger charge is 2.16. The summed E-state index contributed by atoms with van der Waals surface area (Å²) in [5.74, 6) is 0. The maximum absolute atomic E-state index is 6.33. The number of hydrogen-bond donors (Lipinski definition) is 0. The Morgan fingerprint density at radius 2 is 0.837 bits per heavy atom. The summed E-state index contributed by atoms with van der Waals surface area (Å²) in [4.78, 5) is 9.01. The van der Waals surface area contributed by atoms with Crippen LogP contribution in [0.3, 0.4) is 0 Å². The van der Waals surface area contributed by atoms with Crippen molar-refractivity contribution in [2.45, 2.75) is 0 Å². The Labute approximate surface area is 287 Å². The zero-order chi connectivity index (χ0) is 32.5. The molecule has 3 heterocycles. The lowest BCUT2D eigenvalue weighted by Crippen LogP contribution is -1.95. The molecule has 4 nitrogen and oxygen atoms in total. The van der Waals surface area contributed by atoms with E-state index < -0.39 is 0 Å². The van der Waals surface area contributed by atoms with E-state index >= 15 is 0 Å². The van der Waals surface area contributed by atoms with Crippen LogP contribution in [0.25, 0.3) is 88.3 Å². The van der Waals surface area contributed by atoms with Gasteiger partial charge in [-0.2, -0.15) is 0 Å². The minimum atomic E-state index is 0.247. The van der Waals surface area contributed by atoms with Gasteiger partial charge in [-0.1, -0.05) is 97.1 Å². The van der Waals surface area contributed by atoms with Crippen LogP contribution in [0.15, 0.2) is 164 Å². The van der Waals surface area contributed by atoms with Crippen molar-refractivity contribution in [1.29, 1.82) is 0 Å². The first-order chi connectivity index (χ1) is 24.2. The van der Waals surface area contributed by atoms with Crippen LogP contribution < -0.4 is 0 Å². The number of benzene rings is 7. The molecular formula is C44H27ClN4. The Hall–Kier alpha value is -6.23. The zero-order valence-corrected chi connectivity index (χ0v) is 27.0. The number of aromatic nitrogens is 4. The highest BCUT2D eigenvalue weighted by molar-refractivity contribution is 6.29. The van der Waals surface area contributed by atoms with Gasteiger partial charge in [0.2, 0.25) is 5.28 Å². The van der Waals surface area contributed by atoms with Crippen molar-refractivity contribution in [2.75, 3.05) is 0 Å². The molecule has 0 atom stereocenters. The van der Waals surface area contributed by atoms with Gasteiger partial charge in [-0.3, -0.25) is 0 Å². The Morgan fingerprint density at radius 3 is 1.45 bits per heavy atom. The molecule has 0 saturated carbocycles. The van der Waals surface area contributed by atoms with E-state index in [4.69, 9.17) is 11.6 Å². The molecule has 0 aliphatic heterocycles. The lowest BCUT2D eigenvalue weighted by molar-refractivity contribution is 1.18. The second kappa shape index (κ2) is 10.9. The van der Waals surface area contributed by atoms with Crippen molar-refractivity contribution in [3.63, 3.8) is 0 Å². The molecule has 0 amide bonds. The predicted octanol–water partition coefficient (Wildman–Crippen LogP) is 11.8. The molecule has 0 spiro atoms. The fraction of sp³-hybridized carbons (Fsp3) is 0. The molecule has 0 fully saturated rings. The smallest absolute Gasteiger partial charge is 0.223 e. The van der Waals surface area contributed by atoms with E-state index in [9.17, 15) is 0 Å². The van der Waals surface area contributed by atoms with Crippen molar-refractivity contribution in [1.82, 2.24) is 19.1 Å². The highest BCUT2D eigenvalue weighted by Crippen LogP contribution is 2.38. The first kappa shape index (κ1) is 27.8. The van der Waals surface area contributed by atoms with E-state index in [-0.39, 0.29) is 5.28 Å². The Bertz CT molecular complexity index is 2880. The molecule has 230 valence electrons. The molecule has 0 bridgehead atoms. The average molecular weight is 647 g/mol. The molecule has 5 heteroatoms. The van der Waals surface area contributed by atoms with Crippen molar-refractivity contribution < 1.29 is 0 Å². The van der Waals surface area contributed by atoms with E-state index in [2.05, 4.69) is 159 Å². The van der Waals surface area contributed by atoms with Gasteiger partial charge in [-0.15, -0.1) is 0 Å². The van der Waals surface area contributed by atoms with Gasteiger partial charge in [0.1, 0.15) is 0 Å². The Morgan fingerprint density at radius 1 is 0.367 bits per heavy atom. The monoisotopic (exact) mass is 646 g/mol. The quantitative estimate of drug-likeness (QED) is 0.178. The molecule has 0 saturated heterocycles. The number of halogens is 1. The minimum absolute atomic E-state index is 0.247. The lowest BCUT2D eigenvalue weighted by Gasteiger charge is -2.11. The molecule has 0 aliphatic rings. The average Bonchev–Trinajstić information content (AvgIpc) is 3.67. The van der Waals surface area contributed by atoms with E-state index in [1.807, 2.05) is 24.3 Å². The van der Waals surface area contributed by atoms with Crippen LogP contribution in [-0.4, -0.2) is 19.1 Å². The first-order valence-corrected chi connectivity index (χ1v) is 16.7. The summed E-state index contributed by atoms with van der Waals surface area (Å²) in [5, 5.41) is 6.17. The standard InChI is InChI=1S/C44H27ClN4/c45-44-46-38-15-7-4-14-35(38)43(47-44)28-18-22-32(23-19-28)49-40-17-9-6-13-34(40)37-27-30(21-25-42(37)49)29-20-24-41-36(26-29)33-12-5-8-16-39(33)48(41)31-10-2-1-3-11-31/h1-27H. The summed E-state index contributed by atoms with van der Waals surface area (Å²) in [6, 6.07) is 58.2. The molecule has 0 radical (unpaired) electrons. The molecule has 10 rings (SSSR count). The fourth-order valence-electron chi connectivity index (χ4n) is 7.48. The SMILES string of the molecule is Clc1nc(-c2ccc(-n3c4ccccc4c4cc(-c5ccc6c(c5)c5ccccc5n6-c5ccccc5)ccc43)cc2)c2ccccc2n1. The van der Waals surface area contributed by atoms with Gasteiger partial charge in [0.15, 0.2) is 0 Å². The second-order valence-electron chi connectivity index (χ2n) is 12.4. The fourth-order valence-corrected chi connectivity index (χ4v) is 7.65. The third-order valence-corrected chi connectivity index (χ3v) is 9.84. The van der Waals surface area contributed by atoms with Crippen molar-refractivity contribution in [3.8, 4) is 33.8 Å². The van der Waals surface area contributed by atoms with Crippen LogP contribution in [0, 0.1) is 0 Å². The summed E-state index contributed by atoms with van der Waals surface area (Å²) < 4.78 is 4.71. The van der Waals surface area contributed by atoms with Crippen LogP contribution in [-0.2, 0) is 0 Å². The van der Waals surface area contributed by atoms with Gasteiger partial charge in [-0.05, 0) is 89.5 Å². The van der Waals surface area contributed by atoms with E-state index in [0.29, 0.717) is 0 Å². The number of nitrogens with zero attached hydrogens (tertiary/aromatic N) is 4. The summed E-state index contributed by atoms with van der Waals surface area (Å²) >= 11 is 6.33. The summed E-state index contributed by atoms with van der Waals surface area (Å²) in [5.41, 5.74) is 12.0. The van der Waals surface area contributed by atoms with Crippen LogP contribution in [0.2, 0.25) is 5.28 Å². The van der Waals surface area contributed by atoms with Crippen LogP contribution >= 0.6 is 11.6 Å². The maximum atomic E-state index is 6.33. The largest absolute Gasteiger partial charge is 0.309 e. The number of para-hydroxylation sites is 4. The predicted molar refractivity (Wildman–Crippen MR) is 204 cm³/mol. The van der Waals surface area contributed by atoms with E-state index in [1.54, 1.807) is 0 Å². The zero-order valence-electron chi connectivity index (χ0n) is 26.3. The lowest BCUT2D eigenvalue weighted by atomic mass is 10.0. The molecular weight excluding hydrogens is 620 g/mol. The van der Waals surface area contributed by atoms with Gasteiger partial charge < -0.3 is 9.13 Å². The van der Waals surface area contributed by atoms with Crippen molar-refractivity contribution in [3.05, 3.63) is 169 Å². The van der Waals surface area contributed by atoms with Crippen LogP contribution in [0.5, 0.6) is 0 Å². The molecule has 3 aromatic heterocycles. The van der Waals surface area contributed by atoms with E-state index in [1.165, 1.54) is 49.2 Å². The van der Waals surface area contributed by atoms with Gasteiger partial charge in [0, 0.05) is 43.9 Å². The van der Waals surface area contributed by atoms with Gasteiger partial charge in [-0.25, -0.2) is 9.97 Å². The maximum Gasteiger partial charge on any atom is 0.223 e. The topological polar surface area (TPSA) is 35.6 Å². The number of fused-ring (bicyclic) bond motifs is 7. The molecule has 0 unspecified atom stereocenters. The van der Waals surface area contributed by atoms with Gasteiger partial charge in [0.05, 0.1) is 33.3 Å². The van der Waals surface area contributed by atoms with Crippen molar-refractivity contribution in [2.24, 2.45) is 0 Å². The van der Waals surface area contributed by atoms with E-state index in [0.717, 1.165) is 39.1 Å². The molecule has 0 aliphatic carbocycles. The number of rotatable bonds is 4. The van der Waals surface area contributed by atoms with Crippen LogP contribution in [0.1, 0.15) is 0 Å². The number of hydrogen-bond acceptors (Lipinski definition) is 2. The molecule has 49 heavy (non-hydrogen) atoms. The van der Waals surface area contributed by atoms with Gasteiger partial charge in [0.25, 0.3) is 0 Å². The third-order valence-electron chi connectivity index (χ3n) is 9.67. The molecule has 10 aromatic rings. The Kier molecular flexibility index (Phi) is 6.20. The highest BCUT2D eigenvalue weighted by atomic mass is 35.5. The third kappa shape index (κ3) is 4.38. The summed E-state index contributed by atoms with van der Waals surface area (Å²) in [6.45, 7) is 0. The van der Waals surface area contributed by atoms with Gasteiger partial charge >= 0.3 is 0 Å². The Balaban J connectivity index is 1.11. The summed E-state index contributed by atoms with van der Waals surface area (Å²) in [7, 11) is 0. The normalized spacial score (nSPS) is 11.8. The molecule has 7 aromatic carbocycles. The van der Waals surface area contributed by atoms with Crippen molar-refractivity contribution >= 4 is 66.1 Å². The summed E-state index contributed by atoms with van der Waals surface area (Å²) in [6.07, 6.45) is 0. The second-order valence-corrected chi connectivity index (χ2v) is 12.7. The minimum Gasteiger partial charge on any atom is -0.309 e. The molecule has 0 N–H and O–H groups in total. The van der Waals surface area contributed by atoms with Crippen LogP contribution in [0.4, 0.5) is 0 Å². The first-order valence-electron chi connectivity index (χ1n) is 16.4.